The van der Waals surface area contributed by atoms with Gasteiger partial charge in [0.2, 0.25) is 0 Å². The predicted molar refractivity (Wildman–Crippen MR) is 72.4 cm³/mol. The summed E-state index contributed by atoms with van der Waals surface area (Å²) in [5.74, 6) is 0. The Morgan fingerprint density at radius 3 is 2.83 bits per heavy atom. The number of hydrogen-bond acceptors (Lipinski definition) is 4. The molecule has 1 aromatic heterocycles. The van der Waals surface area contributed by atoms with E-state index in [9.17, 15) is 10.1 Å². The predicted octanol–water partition coefficient (Wildman–Crippen LogP) is 3.36. The summed E-state index contributed by atoms with van der Waals surface area (Å²) in [7, 11) is 0. The van der Waals surface area contributed by atoms with Crippen molar-refractivity contribution in [2.45, 2.75) is 4.84 Å². The van der Waals surface area contributed by atoms with Gasteiger partial charge in [0.25, 0.3) is 5.69 Å². The molecule has 2 rings (SSSR count). The van der Waals surface area contributed by atoms with E-state index in [1.807, 2.05) is 0 Å². The minimum Gasteiger partial charge on any atom is -0.381 e. The Morgan fingerprint density at radius 2 is 2.17 bits per heavy atom. The van der Waals surface area contributed by atoms with Gasteiger partial charge in [-0.3, -0.25) is 15.1 Å². The smallest absolute Gasteiger partial charge is 0.278 e. The van der Waals surface area contributed by atoms with E-state index in [4.69, 9.17) is 23.2 Å². The molecule has 0 bridgehead atoms. The van der Waals surface area contributed by atoms with Crippen LogP contribution >= 0.6 is 23.2 Å². The molecule has 1 aromatic carbocycles. The van der Waals surface area contributed by atoms with Gasteiger partial charge in [-0.05, 0) is 18.2 Å². The Kier molecular flexibility index (Phi) is 3.84. The van der Waals surface area contributed by atoms with Crippen molar-refractivity contribution in [3.8, 4) is 0 Å². The van der Waals surface area contributed by atoms with Crippen LogP contribution in [0.5, 0.6) is 0 Å². The Balaban J connectivity index is 2.50. The first-order valence-electron chi connectivity index (χ1n) is 5.13. The Hall–Kier alpha value is -1.59. The van der Waals surface area contributed by atoms with Gasteiger partial charge in [0, 0.05) is 18.8 Å². The van der Waals surface area contributed by atoms with Crippen molar-refractivity contribution in [1.29, 1.82) is 0 Å². The van der Waals surface area contributed by atoms with Crippen LogP contribution < -0.4 is 5.32 Å². The number of non-ortho nitro benzene ring substituents is 1. The number of aromatic nitrogens is 1. The van der Waals surface area contributed by atoms with Crippen LogP contribution in [0.3, 0.4) is 0 Å². The topological polar surface area (TPSA) is 68.1 Å². The van der Waals surface area contributed by atoms with E-state index in [1.165, 1.54) is 6.07 Å². The molecule has 0 aliphatic carbocycles. The lowest BCUT2D eigenvalue weighted by atomic mass is 10.1. The maximum absolute atomic E-state index is 10.9. The van der Waals surface area contributed by atoms with Gasteiger partial charge in [-0.25, -0.2) is 0 Å². The number of benzene rings is 1. The third-order valence-corrected chi connectivity index (χ3v) is 2.70. The minimum atomic E-state index is -0.557. The Morgan fingerprint density at radius 1 is 1.39 bits per heavy atom. The summed E-state index contributed by atoms with van der Waals surface area (Å²) in [4.78, 5) is 14.1. The molecule has 7 heteroatoms. The molecule has 0 saturated heterocycles. The molecule has 0 amide bonds. The van der Waals surface area contributed by atoms with Crippen LogP contribution in [-0.4, -0.2) is 21.3 Å². The third-order valence-electron chi connectivity index (χ3n) is 2.39. The zero-order chi connectivity index (χ0) is 13.1. The molecular formula is C11H9Cl2N3O2. The highest BCUT2D eigenvalue weighted by molar-refractivity contribution is 6.44. The van der Waals surface area contributed by atoms with Gasteiger partial charge < -0.3 is 5.32 Å². The molecule has 1 heterocycles. The fraction of sp³-hybridized carbons (Fsp3) is 0.182. The third kappa shape index (κ3) is 2.63. The number of rotatable bonds is 4. The van der Waals surface area contributed by atoms with Gasteiger partial charge in [0.1, 0.15) is 10.4 Å². The van der Waals surface area contributed by atoms with Gasteiger partial charge in [0.15, 0.2) is 0 Å². The molecule has 5 nitrogen and oxygen atoms in total. The summed E-state index contributed by atoms with van der Waals surface area (Å²) in [5, 5.41) is 14.4. The number of fused-ring (bicyclic) bond motifs is 1. The van der Waals surface area contributed by atoms with E-state index in [2.05, 4.69) is 10.3 Å². The fourth-order valence-corrected chi connectivity index (χ4v) is 1.80. The number of nitro groups is 1. The highest BCUT2D eigenvalue weighted by Gasteiger charge is 2.14. The van der Waals surface area contributed by atoms with Crippen LogP contribution in [0.15, 0.2) is 30.5 Å². The average Bonchev–Trinajstić information content (AvgIpc) is 2.35. The first-order valence-corrected chi connectivity index (χ1v) is 6.01. The van der Waals surface area contributed by atoms with Crippen LogP contribution in [0.1, 0.15) is 0 Å². The highest BCUT2D eigenvalue weighted by atomic mass is 35.5. The van der Waals surface area contributed by atoms with E-state index in [1.54, 1.807) is 24.4 Å². The summed E-state index contributed by atoms with van der Waals surface area (Å²) < 4.78 is 0. The van der Waals surface area contributed by atoms with Crippen LogP contribution in [0, 0.1) is 10.1 Å². The molecule has 0 unspecified atom stereocenters. The largest absolute Gasteiger partial charge is 0.381 e. The van der Waals surface area contributed by atoms with Gasteiger partial charge in [0.05, 0.1) is 16.0 Å². The number of alkyl halides is 2. The zero-order valence-corrected chi connectivity index (χ0v) is 10.6. The lowest BCUT2D eigenvalue weighted by Crippen LogP contribution is -2.09. The van der Waals surface area contributed by atoms with Crippen molar-refractivity contribution < 1.29 is 4.92 Å². The summed E-state index contributed by atoms with van der Waals surface area (Å²) in [6.45, 7) is 0.340. The maximum Gasteiger partial charge on any atom is 0.278 e. The maximum atomic E-state index is 10.9. The molecule has 0 fully saturated rings. The molecule has 0 aliphatic heterocycles. The van der Waals surface area contributed by atoms with Gasteiger partial charge >= 0.3 is 0 Å². The number of halogens is 2. The van der Waals surface area contributed by atoms with Crippen molar-refractivity contribution >= 4 is 45.5 Å². The van der Waals surface area contributed by atoms with E-state index < -0.39 is 9.76 Å². The van der Waals surface area contributed by atoms with Crippen LogP contribution in [0.4, 0.5) is 11.4 Å². The molecule has 2 aromatic rings. The molecular weight excluding hydrogens is 277 g/mol. The quantitative estimate of drug-likeness (QED) is 0.531. The van der Waals surface area contributed by atoms with Crippen molar-refractivity contribution in [2.24, 2.45) is 0 Å². The zero-order valence-electron chi connectivity index (χ0n) is 9.14. The average molecular weight is 286 g/mol. The standard InChI is InChI=1S/C11H9Cl2N3O2/c12-10(13)6-15-8-3-4-9(16(17)18)7-2-1-5-14-11(7)8/h1-5,10,15H,6H2. The number of hydrogen-bond donors (Lipinski definition) is 1. The number of nitrogens with one attached hydrogen (secondary N) is 1. The monoisotopic (exact) mass is 285 g/mol. The molecule has 18 heavy (non-hydrogen) atoms. The second kappa shape index (κ2) is 5.37. The fourth-order valence-electron chi connectivity index (χ4n) is 1.65. The number of anilines is 1. The summed E-state index contributed by atoms with van der Waals surface area (Å²) >= 11 is 11.3. The normalized spacial score (nSPS) is 10.8. The van der Waals surface area contributed by atoms with E-state index in [0.29, 0.717) is 23.1 Å². The molecule has 94 valence electrons. The number of nitrogens with zero attached hydrogens (tertiary/aromatic N) is 2. The first kappa shape index (κ1) is 12.9. The van der Waals surface area contributed by atoms with Crippen molar-refractivity contribution in [3.05, 3.63) is 40.6 Å². The van der Waals surface area contributed by atoms with Gasteiger partial charge in [-0.15, -0.1) is 23.2 Å². The van der Waals surface area contributed by atoms with Crippen LogP contribution in [0.2, 0.25) is 0 Å². The number of pyridine rings is 1. The molecule has 0 aliphatic rings. The van der Waals surface area contributed by atoms with Crippen LogP contribution in [-0.2, 0) is 0 Å². The molecule has 0 saturated carbocycles. The van der Waals surface area contributed by atoms with E-state index >= 15 is 0 Å². The molecule has 0 atom stereocenters. The SMILES string of the molecule is O=[N+]([O-])c1ccc(NCC(Cl)Cl)c2ncccc12. The Labute approximate surface area is 113 Å². The second-order valence-corrected chi connectivity index (χ2v) is 4.84. The second-order valence-electron chi connectivity index (χ2n) is 3.56. The Bertz CT molecular complexity index is 590. The van der Waals surface area contributed by atoms with Gasteiger partial charge in [-0.2, -0.15) is 0 Å². The minimum absolute atomic E-state index is 0.0250. The van der Waals surface area contributed by atoms with Crippen LogP contribution in [0.25, 0.3) is 10.9 Å². The van der Waals surface area contributed by atoms with Crippen molar-refractivity contribution in [3.63, 3.8) is 0 Å². The van der Waals surface area contributed by atoms with E-state index in [-0.39, 0.29) is 5.69 Å². The number of nitro benzene ring substituents is 1. The van der Waals surface area contributed by atoms with Crippen molar-refractivity contribution in [1.82, 2.24) is 4.98 Å². The molecule has 1 N–H and O–H groups in total. The lowest BCUT2D eigenvalue weighted by molar-refractivity contribution is -0.383. The van der Waals surface area contributed by atoms with Gasteiger partial charge in [-0.1, -0.05) is 0 Å². The lowest BCUT2D eigenvalue weighted by Gasteiger charge is -2.09. The molecule has 0 radical (unpaired) electrons. The summed E-state index contributed by atoms with van der Waals surface area (Å²) in [6, 6.07) is 6.35. The first-order chi connectivity index (χ1) is 8.59. The summed E-state index contributed by atoms with van der Waals surface area (Å²) in [5.41, 5.74) is 1.22. The molecule has 0 spiro atoms. The highest BCUT2D eigenvalue weighted by Crippen LogP contribution is 2.29. The van der Waals surface area contributed by atoms with E-state index in [0.717, 1.165) is 0 Å². The van der Waals surface area contributed by atoms with Crippen molar-refractivity contribution in [2.75, 3.05) is 11.9 Å². The summed E-state index contributed by atoms with van der Waals surface area (Å²) in [6.07, 6.45) is 1.58.